The summed E-state index contributed by atoms with van der Waals surface area (Å²) in [5, 5.41) is 13.0. The van der Waals surface area contributed by atoms with E-state index in [-0.39, 0.29) is 6.61 Å². The highest BCUT2D eigenvalue weighted by molar-refractivity contribution is 9.11. The Morgan fingerprint density at radius 2 is 2.08 bits per heavy atom. The van der Waals surface area contributed by atoms with E-state index in [9.17, 15) is 4.79 Å². The monoisotopic (exact) mass is 493 g/mol. The van der Waals surface area contributed by atoms with E-state index in [1.165, 1.54) is 6.07 Å². The van der Waals surface area contributed by atoms with Crippen molar-refractivity contribution in [2.24, 2.45) is 0 Å². The van der Waals surface area contributed by atoms with Gasteiger partial charge in [0.05, 0.1) is 15.7 Å². The number of anilines is 1. The Bertz CT molecular complexity index is 1050. The van der Waals surface area contributed by atoms with Gasteiger partial charge in [-0.3, -0.25) is 9.78 Å². The lowest BCUT2D eigenvalue weighted by Crippen LogP contribution is -2.21. The lowest BCUT2D eigenvalue weighted by Gasteiger charge is -2.12. The Hall–Kier alpha value is -2.14. The van der Waals surface area contributed by atoms with Crippen LogP contribution in [-0.2, 0) is 4.79 Å². The van der Waals surface area contributed by atoms with E-state index in [2.05, 4.69) is 42.2 Å². The molecule has 1 N–H and O–H groups in total. The predicted molar refractivity (Wildman–Crippen MR) is 107 cm³/mol. The second-order valence-electron chi connectivity index (χ2n) is 5.21. The van der Waals surface area contributed by atoms with Gasteiger partial charge in [-0.05, 0) is 46.3 Å². The average Bonchev–Trinajstić information content (AvgIpc) is 2.62. The number of pyridine rings is 1. The van der Waals surface area contributed by atoms with Gasteiger partial charge in [0.25, 0.3) is 5.91 Å². The van der Waals surface area contributed by atoms with Gasteiger partial charge < -0.3 is 10.1 Å². The summed E-state index contributed by atoms with van der Waals surface area (Å²) in [6.07, 6.45) is 1.65. The van der Waals surface area contributed by atoms with E-state index >= 15 is 0 Å². The smallest absolute Gasteiger partial charge is 0.262 e. The van der Waals surface area contributed by atoms with E-state index in [1.807, 2.05) is 24.3 Å². The maximum absolute atomic E-state index is 12.2. The van der Waals surface area contributed by atoms with Crippen LogP contribution in [-0.4, -0.2) is 17.5 Å². The molecule has 0 aliphatic carbocycles. The summed E-state index contributed by atoms with van der Waals surface area (Å²) in [6, 6.07) is 12.2. The number of amides is 1. The zero-order valence-corrected chi connectivity index (χ0v) is 17.0. The van der Waals surface area contributed by atoms with Crippen LogP contribution in [0.3, 0.4) is 0 Å². The van der Waals surface area contributed by atoms with Crippen LogP contribution in [0.2, 0.25) is 5.02 Å². The molecule has 0 fully saturated rings. The molecule has 0 aliphatic rings. The van der Waals surface area contributed by atoms with Crippen molar-refractivity contribution in [3.63, 3.8) is 0 Å². The van der Waals surface area contributed by atoms with Crippen molar-refractivity contribution in [3.8, 4) is 11.8 Å². The normalized spacial score (nSPS) is 10.4. The van der Waals surface area contributed by atoms with E-state index in [0.29, 0.717) is 32.0 Å². The van der Waals surface area contributed by atoms with Crippen molar-refractivity contribution >= 4 is 66.0 Å². The average molecular weight is 496 g/mol. The molecule has 1 amide bonds. The minimum absolute atomic E-state index is 0.247. The van der Waals surface area contributed by atoms with Crippen LogP contribution in [0.25, 0.3) is 10.9 Å². The Balaban J connectivity index is 1.80. The van der Waals surface area contributed by atoms with Crippen LogP contribution in [0.1, 0.15) is 5.56 Å². The van der Waals surface area contributed by atoms with Crippen molar-refractivity contribution in [3.05, 3.63) is 62.1 Å². The van der Waals surface area contributed by atoms with Gasteiger partial charge in [-0.25, -0.2) is 0 Å². The fourth-order valence-corrected chi connectivity index (χ4v) is 3.88. The fourth-order valence-electron chi connectivity index (χ4n) is 2.33. The molecule has 1 heterocycles. The zero-order valence-electron chi connectivity index (χ0n) is 13.1. The maximum Gasteiger partial charge on any atom is 0.262 e. The SMILES string of the molecule is N#Cc1ccc(Cl)cc1NC(=O)COc1c(Br)cc(Br)c2cccnc12. The van der Waals surface area contributed by atoms with Crippen molar-refractivity contribution in [2.45, 2.75) is 0 Å². The number of hydrogen-bond donors (Lipinski definition) is 1. The maximum atomic E-state index is 12.2. The summed E-state index contributed by atoms with van der Waals surface area (Å²) in [4.78, 5) is 16.6. The Kier molecular flexibility index (Phi) is 5.77. The van der Waals surface area contributed by atoms with Crippen LogP contribution in [0.15, 0.2) is 51.5 Å². The summed E-state index contributed by atoms with van der Waals surface area (Å²) in [5.41, 5.74) is 1.29. The van der Waals surface area contributed by atoms with Crippen molar-refractivity contribution in [1.82, 2.24) is 4.98 Å². The molecule has 0 aliphatic heterocycles. The second kappa shape index (κ2) is 8.04. The van der Waals surface area contributed by atoms with Gasteiger partial charge in [0.15, 0.2) is 12.4 Å². The lowest BCUT2D eigenvalue weighted by atomic mass is 10.2. The highest BCUT2D eigenvalue weighted by Gasteiger charge is 2.14. The third-order valence-corrected chi connectivity index (χ3v) is 4.95. The minimum atomic E-state index is -0.414. The number of halogens is 3. The Morgan fingerprint density at radius 3 is 2.85 bits per heavy atom. The number of fused-ring (bicyclic) bond motifs is 1. The van der Waals surface area contributed by atoms with Crippen molar-refractivity contribution in [2.75, 3.05) is 11.9 Å². The molecule has 5 nitrogen and oxygen atoms in total. The molecule has 0 atom stereocenters. The van der Waals surface area contributed by atoms with Gasteiger partial charge in [-0.2, -0.15) is 5.26 Å². The van der Waals surface area contributed by atoms with Crippen molar-refractivity contribution < 1.29 is 9.53 Å². The van der Waals surface area contributed by atoms with Gasteiger partial charge in [0.2, 0.25) is 0 Å². The van der Waals surface area contributed by atoms with Crippen LogP contribution in [0, 0.1) is 11.3 Å². The molecule has 2 aromatic carbocycles. The molecule has 0 bridgehead atoms. The van der Waals surface area contributed by atoms with Gasteiger partial charge in [0, 0.05) is 21.1 Å². The molecule has 3 rings (SSSR count). The lowest BCUT2D eigenvalue weighted by molar-refractivity contribution is -0.118. The molecule has 0 unspecified atom stereocenters. The molecular weight excluding hydrogens is 485 g/mol. The molecule has 0 saturated heterocycles. The summed E-state index contributed by atoms with van der Waals surface area (Å²) < 4.78 is 7.22. The number of nitriles is 1. The third kappa shape index (κ3) is 3.98. The highest BCUT2D eigenvalue weighted by Crippen LogP contribution is 2.37. The van der Waals surface area contributed by atoms with E-state index in [1.54, 1.807) is 18.3 Å². The Labute approximate surface area is 171 Å². The number of nitrogens with one attached hydrogen (secondary N) is 1. The first kappa shape index (κ1) is 18.6. The third-order valence-electron chi connectivity index (χ3n) is 3.47. The number of hydrogen-bond acceptors (Lipinski definition) is 4. The van der Waals surface area contributed by atoms with Crippen molar-refractivity contribution in [1.29, 1.82) is 5.26 Å². The fraction of sp³-hybridized carbons (Fsp3) is 0.0556. The first-order chi connectivity index (χ1) is 12.5. The predicted octanol–water partition coefficient (Wildman–Crippen LogP) is 5.30. The summed E-state index contributed by atoms with van der Waals surface area (Å²) in [5.74, 6) is 0.0493. The highest BCUT2D eigenvalue weighted by atomic mass is 79.9. The number of ether oxygens (including phenoxy) is 1. The summed E-state index contributed by atoms with van der Waals surface area (Å²) in [7, 11) is 0. The molecule has 3 aromatic rings. The molecular formula is C18H10Br2ClN3O2. The molecule has 0 spiro atoms. The van der Waals surface area contributed by atoms with Gasteiger partial charge in [-0.15, -0.1) is 0 Å². The van der Waals surface area contributed by atoms with Gasteiger partial charge in [0.1, 0.15) is 11.6 Å². The summed E-state index contributed by atoms with van der Waals surface area (Å²) >= 11 is 12.8. The van der Waals surface area contributed by atoms with Crippen LogP contribution < -0.4 is 10.1 Å². The van der Waals surface area contributed by atoms with Crippen LogP contribution >= 0.6 is 43.5 Å². The Morgan fingerprint density at radius 1 is 1.27 bits per heavy atom. The first-order valence-electron chi connectivity index (χ1n) is 7.34. The summed E-state index contributed by atoms with van der Waals surface area (Å²) in [6.45, 7) is -0.247. The molecule has 8 heteroatoms. The second-order valence-corrected chi connectivity index (χ2v) is 7.35. The number of benzene rings is 2. The largest absolute Gasteiger partial charge is 0.480 e. The molecule has 26 heavy (non-hydrogen) atoms. The quantitative estimate of drug-likeness (QED) is 0.533. The number of rotatable bonds is 4. The first-order valence-corrected chi connectivity index (χ1v) is 9.31. The van der Waals surface area contributed by atoms with E-state index in [0.717, 1.165) is 9.86 Å². The van der Waals surface area contributed by atoms with Crippen LogP contribution in [0.4, 0.5) is 5.69 Å². The van der Waals surface area contributed by atoms with E-state index in [4.69, 9.17) is 21.6 Å². The number of carbonyl (C=O) groups excluding carboxylic acids is 1. The van der Waals surface area contributed by atoms with E-state index < -0.39 is 5.91 Å². The molecule has 1 aromatic heterocycles. The molecule has 130 valence electrons. The number of nitrogens with zero attached hydrogens (tertiary/aromatic N) is 2. The standard InChI is InChI=1S/C18H10Br2ClN3O2/c19-13-7-14(20)18(17-12(13)2-1-5-23-17)26-9-16(25)24-15-6-11(21)4-3-10(15)8-22/h1-7H,9H2,(H,24,25). The molecule has 0 radical (unpaired) electrons. The number of carbonyl (C=O) groups is 1. The zero-order chi connectivity index (χ0) is 18.7. The topological polar surface area (TPSA) is 75.0 Å². The van der Waals surface area contributed by atoms with Gasteiger partial charge >= 0.3 is 0 Å². The van der Waals surface area contributed by atoms with Crippen LogP contribution in [0.5, 0.6) is 5.75 Å². The molecule has 0 saturated carbocycles. The minimum Gasteiger partial charge on any atom is -0.480 e. The van der Waals surface area contributed by atoms with Gasteiger partial charge in [-0.1, -0.05) is 33.6 Å². The number of aromatic nitrogens is 1.